The lowest BCUT2D eigenvalue weighted by molar-refractivity contribution is 0.196. The van der Waals surface area contributed by atoms with Crippen LogP contribution in [-0.4, -0.2) is 35.8 Å². The zero-order valence-electron chi connectivity index (χ0n) is 12.7. The van der Waals surface area contributed by atoms with E-state index >= 15 is 0 Å². The molecule has 0 unspecified atom stereocenters. The third-order valence-corrected chi connectivity index (χ3v) is 4.88. The molecule has 0 amide bonds. The highest BCUT2D eigenvalue weighted by Crippen LogP contribution is 2.30. The Labute approximate surface area is 121 Å². The molecule has 0 atom stereocenters. The number of benzene rings is 1. The Bertz CT molecular complexity index is 567. The molecule has 1 rings (SSSR count). The summed E-state index contributed by atoms with van der Waals surface area (Å²) < 4.78 is 37.5. The Hall–Kier alpha value is -1.11. The molecule has 0 spiro atoms. The second-order valence-electron chi connectivity index (χ2n) is 4.72. The summed E-state index contributed by atoms with van der Waals surface area (Å²) in [5, 5.41) is 0. The van der Waals surface area contributed by atoms with Crippen molar-refractivity contribution in [1.82, 2.24) is 4.72 Å². The van der Waals surface area contributed by atoms with E-state index in [4.69, 9.17) is 9.47 Å². The van der Waals surface area contributed by atoms with Crippen molar-refractivity contribution in [1.29, 1.82) is 0 Å². The third kappa shape index (κ3) is 3.71. The maximum Gasteiger partial charge on any atom is 0.240 e. The monoisotopic (exact) mass is 301 g/mol. The summed E-state index contributed by atoms with van der Waals surface area (Å²) in [7, 11) is -0.321. The Morgan fingerprint density at radius 3 is 2.35 bits per heavy atom. The van der Waals surface area contributed by atoms with Gasteiger partial charge in [0, 0.05) is 20.3 Å². The Kier molecular flexibility index (Phi) is 5.98. The normalized spacial score (nSPS) is 11.7. The molecule has 1 aromatic rings. The summed E-state index contributed by atoms with van der Waals surface area (Å²) in [6.07, 6.45) is 0.642. The maximum atomic E-state index is 12.3. The molecule has 5 nitrogen and oxygen atoms in total. The number of rotatable bonds is 7. The minimum atomic E-state index is -3.50. The zero-order valence-corrected chi connectivity index (χ0v) is 13.6. The molecule has 0 saturated carbocycles. The van der Waals surface area contributed by atoms with Gasteiger partial charge in [0.1, 0.15) is 5.75 Å². The maximum absolute atomic E-state index is 12.3. The summed E-state index contributed by atoms with van der Waals surface area (Å²) >= 11 is 0. The number of methoxy groups -OCH3 is 2. The molecule has 20 heavy (non-hydrogen) atoms. The molecule has 0 aliphatic heterocycles. The van der Waals surface area contributed by atoms with E-state index in [1.165, 1.54) is 0 Å². The van der Waals surface area contributed by atoms with Crippen LogP contribution in [0.3, 0.4) is 0 Å². The fraction of sp³-hybridized carbons (Fsp3) is 0.571. The first-order chi connectivity index (χ1) is 9.35. The molecule has 0 aromatic heterocycles. The van der Waals surface area contributed by atoms with Crippen LogP contribution in [0.1, 0.15) is 23.1 Å². The predicted octanol–water partition coefficient (Wildman–Crippen LogP) is 1.94. The van der Waals surface area contributed by atoms with Gasteiger partial charge in [-0.05, 0) is 49.9 Å². The van der Waals surface area contributed by atoms with Crippen molar-refractivity contribution in [2.75, 3.05) is 27.4 Å². The van der Waals surface area contributed by atoms with E-state index < -0.39 is 10.0 Å². The van der Waals surface area contributed by atoms with Gasteiger partial charge in [0.05, 0.1) is 12.0 Å². The number of nitrogens with one attached hydrogen (secondary N) is 1. The highest BCUT2D eigenvalue weighted by Gasteiger charge is 2.20. The fourth-order valence-electron chi connectivity index (χ4n) is 2.12. The molecule has 1 aromatic carbocycles. The van der Waals surface area contributed by atoms with Crippen molar-refractivity contribution >= 4 is 10.0 Å². The Morgan fingerprint density at radius 1 is 1.15 bits per heavy atom. The van der Waals surface area contributed by atoms with Gasteiger partial charge in [0.15, 0.2) is 0 Å². The first-order valence-electron chi connectivity index (χ1n) is 6.48. The highest BCUT2D eigenvalue weighted by atomic mass is 32.2. The van der Waals surface area contributed by atoms with Crippen LogP contribution in [0.25, 0.3) is 0 Å². The summed E-state index contributed by atoms with van der Waals surface area (Å²) in [5.41, 5.74) is 2.38. The van der Waals surface area contributed by atoms with Crippen LogP contribution in [0.4, 0.5) is 0 Å². The molecular weight excluding hydrogens is 278 g/mol. The second-order valence-corrected chi connectivity index (χ2v) is 6.45. The van der Waals surface area contributed by atoms with Crippen molar-refractivity contribution in [3.05, 3.63) is 22.8 Å². The molecule has 0 saturated heterocycles. The van der Waals surface area contributed by atoms with Gasteiger partial charge in [-0.1, -0.05) is 0 Å². The van der Waals surface area contributed by atoms with Gasteiger partial charge in [-0.25, -0.2) is 13.1 Å². The van der Waals surface area contributed by atoms with E-state index in [1.807, 2.05) is 13.8 Å². The summed E-state index contributed by atoms with van der Waals surface area (Å²) in [5.74, 6) is 0.737. The first kappa shape index (κ1) is 16.9. The molecule has 0 aliphatic carbocycles. The number of hydrogen-bond acceptors (Lipinski definition) is 4. The van der Waals surface area contributed by atoms with E-state index in [9.17, 15) is 8.42 Å². The largest absolute Gasteiger partial charge is 0.496 e. The summed E-state index contributed by atoms with van der Waals surface area (Å²) in [6.45, 7) is 6.39. The topological polar surface area (TPSA) is 64.6 Å². The molecule has 1 N–H and O–H groups in total. The van der Waals surface area contributed by atoms with Gasteiger partial charge >= 0.3 is 0 Å². The van der Waals surface area contributed by atoms with E-state index in [1.54, 1.807) is 27.2 Å². The van der Waals surface area contributed by atoms with Crippen LogP contribution in [0, 0.1) is 20.8 Å². The lowest BCUT2D eigenvalue weighted by Crippen LogP contribution is -2.26. The third-order valence-electron chi connectivity index (χ3n) is 3.29. The first-order valence-corrected chi connectivity index (χ1v) is 7.96. The van der Waals surface area contributed by atoms with Crippen molar-refractivity contribution < 1.29 is 17.9 Å². The van der Waals surface area contributed by atoms with E-state index in [-0.39, 0.29) is 0 Å². The predicted molar refractivity (Wildman–Crippen MR) is 78.9 cm³/mol. The van der Waals surface area contributed by atoms with Crippen molar-refractivity contribution in [2.24, 2.45) is 0 Å². The minimum Gasteiger partial charge on any atom is -0.496 e. The number of sulfonamides is 1. The molecule has 0 fully saturated rings. The smallest absolute Gasteiger partial charge is 0.240 e. The standard InChI is InChI=1S/C14H23NO4S/c1-10-9-13(11(2)12(3)14(10)19-5)20(16,17)15-7-6-8-18-4/h9,15H,6-8H2,1-5H3. The highest BCUT2D eigenvalue weighted by molar-refractivity contribution is 7.89. The van der Waals surface area contributed by atoms with Gasteiger partial charge < -0.3 is 9.47 Å². The molecule has 0 bridgehead atoms. The van der Waals surface area contributed by atoms with E-state index in [2.05, 4.69) is 4.72 Å². The number of hydrogen-bond donors (Lipinski definition) is 1. The van der Waals surface area contributed by atoms with Gasteiger partial charge in [-0.15, -0.1) is 0 Å². The number of ether oxygens (including phenoxy) is 2. The van der Waals surface area contributed by atoms with Gasteiger partial charge in [-0.2, -0.15) is 0 Å². The summed E-state index contributed by atoms with van der Waals surface area (Å²) in [6, 6.07) is 1.65. The average molecular weight is 301 g/mol. The van der Waals surface area contributed by atoms with E-state index in [0.29, 0.717) is 30.0 Å². The van der Waals surface area contributed by atoms with Gasteiger partial charge in [0.2, 0.25) is 10.0 Å². The molecule has 0 radical (unpaired) electrons. The SMILES string of the molecule is COCCCNS(=O)(=O)c1cc(C)c(OC)c(C)c1C. The van der Waals surface area contributed by atoms with Crippen molar-refractivity contribution in [3.8, 4) is 5.75 Å². The van der Waals surface area contributed by atoms with Crippen LogP contribution < -0.4 is 9.46 Å². The second kappa shape index (κ2) is 7.06. The lowest BCUT2D eigenvalue weighted by Gasteiger charge is -2.16. The fourth-order valence-corrected chi connectivity index (χ4v) is 3.57. The molecular formula is C14H23NO4S. The Balaban J connectivity index is 3.07. The summed E-state index contributed by atoms with van der Waals surface area (Å²) in [4.78, 5) is 0.311. The van der Waals surface area contributed by atoms with Crippen LogP contribution in [0.5, 0.6) is 5.75 Å². The minimum absolute atomic E-state index is 0.311. The van der Waals surface area contributed by atoms with Crippen LogP contribution in [0.15, 0.2) is 11.0 Å². The quantitative estimate of drug-likeness (QED) is 0.782. The van der Waals surface area contributed by atoms with Crippen molar-refractivity contribution in [3.63, 3.8) is 0 Å². The Morgan fingerprint density at radius 2 is 1.80 bits per heavy atom. The van der Waals surface area contributed by atoms with Crippen LogP contribution >= 0.6 is 0 Å². The zero-order chi connectivity index (χ0) is 15.3. The van der Waals surface area contributed by atoms with Crippen molar-refractivity contribution in [2.45, 2.75) is 32.1 Å². The van der Waals surface area contributed by atoms with Crippen LogP contribution in [-0.2, 0) is 14.8 Å². The molecule has 0 heterocycles. The molecule has 0 aliphatic rings. The number of aryl methyl sites for hydroxylation is 1. The lowest BCUT2D eigenvalue weighted by atomic mass is 10.1. The van der Waals surface area contributed by atoms with E-state index in [0.717, 1.165) is 16.9 Å². The average Bonchev–Trinajstić information content (AvgIpc) is 2.39. The van der Waals surface area contributed by atoms with Gasteiger partial charge in [-0.3, -0.25) is 0 Å². The van der Waals surface area contributed by atoms with Crippen LogP contribution in [0.2, 0.25) is 0 Å². The van der Waals surface area contributed by atoms with Gasteiger partial charge in [0.25, 0.3) is 0 Å². The molecule has 6 heteroatoms. The molecule has 114 valence electrons.